The zero-order valence-corrected chi connectivity index (χ0v) is 20.0. The second-order valence-corrected chi connectivity index (χ2v) is 9.15. The van der Waals surface area contributed by atoms with Gasteiger partial charge in [0.1, 0.15) is 5.58 Å². The average molecular weight is 547 g/mol. The van der Waals surface area contributed by atoms with Crippen LogP contribution in [-0.4, -0.2) is 18.1 Å². The zero-order chi connectivity index (χ0) is 23.4. The van der Waals surface area contributed by atoms with Crippen LogP contribution in [0.4, 0.5) is 5.69 Å². The molecule has 0 spiro atoms. The van der Waals surface area contributed by atoms with Gasteiger partial charge < -0.3 is 14.3 Å². The minimum Gasteiger partial charge on any atom is -0.503 e. The lowest BCUT2D eigenvalue weighted by atomic mass is 9.97. The maximum Gasteiger partial charge on any atom is 0.295 e. The zero-order valence-electron chi connectivity index (χ0n) is 16.9. The molecule has 1 aliphatic rings. The van der Waals surface area contributed by atoms with E-state index < -0.39 is 11.9 Å². The van der Waals surface area contributed by atoms with Crippen molar-refractivity contribution >= 4 is 61.7 Å². The second kappa shape index (κ2) is 8.09. The summed E-state index contributed by atoms with van der Waals surface area (Å²) < 4.78 is 11.6. The molecular weight excluding hydrogens is 533 g/mol. The number of rotatable bonds is 3. The minimum absolute atomic E-state index is 0.0667. The van der Waals surface area contributed by atoms with Gasteiger partial charge in [-0.1, -0.05) is 29.3 Å². The van der Waals surface area contributed by atoms with Crippen LogP contribution in [0.15, 0.2) is 68.3 Å². The van der Waals surface area contributed by atoms with E-state index in [1.54, 1.807) is 48.5 Å². The fourth-order valence-electron chi connectivity index (χ4n) is 4.06. The molecule has 0 bridgehead atoms. The fourth-order valence-corrected chi connectivity index (χ4v) is 4.88. The van der Waals surface area contributed by atoms with E-state index in [2.05, 4.69) is 15.9 Å². The summed E-state index contributed by atoms with van der Waals surface area (Å²) in [5.41, 5.74) is 1.05. The molecule has 0 saturated heterocycles. The highest BCUT2D eigenvalue weighted by molar-refractivity contribution is 9.10. The van der Waals surface area contributed by atoms with Gasteiger partial charge in [-0.25, -0.2) is 0 Å². The van der Waals surface area contributed by atoms with Gasteiger partial charge in [0.15, 0.2) is 16.9 Å². The third-order valence-electron chi connectivity index (χ3n) is 5.50. The van der Waals surface area contributed by atoms with Crippen LogP contribution < -0.4 is 15.1 Å². The SMILES string of the molecule is COc1cc(C2c3c(oc4ccc(Cl)cc4c3=O)C(=O)N2c2cccc(Cl)c2)cc(Br)c1O. The summed E-state index contributed by atoms with van der Waals surface area (Å²) in [7, 11) is 1.41. The highest BCUT2D eigenvalue weighted by Crippen LogP contribution is 2.45. The topological polar surface area (TPSA) is 80.0 Å². The first-order chi connectivity index (χ1) is 15.8. The summed E-state index contributed by atoms with van der Waals surface area (Å²) in [6, 6.07) is 13.8. The van der Waals surface area contributed by atoms with Crippen molar-refractivity contribution < 1.29 is 19.1 Å². The van der Waals surface area contributed by atoms with Crippen molar-refractivity contribution in [2.45, 2.75) is 6.04 Å². The Morgan fingerprint density at radius 3 is 2.55 bits per heavy atom. The molecule has 2 heterocycles. The first-order valence-corrected chi connectivity index (χ1v) is 11.3. The van der Waals surface area contributed by atoms with E-state index in [-0.39, 0.29) is 39.2 Å². The van der Waals surface area contributed by atoms with Crippen LogP contribution in [0.5, 0.6) is 11.5 Å². The van der Waals surface area contributed by atoms with Gasteiger partial charge in [0, 0.05) is 15.7 Å². The fraction of sp³-hybridized carbons (Fsp3) is 0.0833. The van der Waals surface area contributed by atoms with Crippen LogP contribution in [0.2, 0.25) is 10.0 Å². The van der Waals surface area contributed by atoms with E-state index in [9.17, 15) is 14.7 Å². The van der Waals surface area contributed by atoms with Gasteiger partial charge in [-0.05, 0) is 70.0 Å². The van der Waals surface area contributed by atoms with Crippen molar-refractivity contribution in [2.75, 3.05) is 12.0 Å². The van der Waals surface area contributed by atoms with Crippen LogP contribution in [0.3, 0.4) is 0 Å². The molecule has 0 radical (unpaired) electrons. The van der Waals surface area contributed by atoms with Crippen LogP contribution in [0.25, 0.3) is 11.0 Å². The predicted octanol–water partition coefficient (Wildman–Crippen LogP) is 6.33. The Labute approximate surface area is 206 Å². The standard InChI is InChI=1S/C24H14BrCl2NO5/c1-32-18-8-11(7-16(25)22(18)30)20-19-21(29)15-10-13(27)5-6-17(15)33-23(19)24(31)28(20)14-4-2-3-12(26)9-14/h2-10,20,30H,1H3. The average Bonchev–Trinajstić information content (AvgIpc) is 3.08. The summed E-state index contributed by atoms with van der Waals surface area (Å²) in [6.45, 7) is 0. The molecule has 1 amide bonds. The second-order valence-electron chi connectivity index (χ2n) is 7.43. The smallest absolute Gasteiger partial charge is 0.295 e. The number of methoxy groups -OCH3 is 1. The van der Waals surface area contributed by atoms with Gasteiger partial charge in [0.2, 0.25) is 5.76 Å². The number of carbonyl (C=O) groups is 1. The largest absolute Gasteiger partial charge is 0.503 e. The van der Waals surface area contributed by atoms with E-state index >= 15 is 0 Å². The number of phenolic OH excluding ortho intramolecular Hbond substituents is 1. The molecule has 6 nitrogen and oxygen atoms in total. The quantitative estimate of drug-likeness (QED) is 0.325. The molecule has 1 unspecified atom stereocenters. The number of ether oxygens (including phenoxy) is 1. The number of carbonyl (C=O) groups excluding carboxylic acids is 1. The van der Waals surface area contributed by atoms with E-state index in [0.717, 1.165) is 0 Å². The number of halogens is 3. The van der Waals surface area contributed by atoms with Gasteiger partial charge in [-0.2, -0.15) is 0 Å². The molecule has 1 aliphatic heterocycles. The van der Waals surface area contributed by atoms with E-state index in [0.29, 0.717) is 25.8 Å². The van der Waals surface area contributed by atoms with Crippen LogP contribution >= 0.6 is 39.1 Å². The Morgan fingerprint density at radius 2 is 1.82 bits per heavy atom. The third kappa shape index (κ3) is 3.47. The van der Waals surface area contributed by atoms with Crippen LogP contribution in [-0.2, 0) is 0 Å². The third-order valence-corrected chi connectivity index (χ3v) is 6.58. The number of hydrogen-bond acceptors (Lipinski definition) is 5. The van der Waals surface area contributed by atoms with Crippen molar-refractivity contribution in [3.05, 3.63) is 96.2 Å². The number of phenols is 1. The molecule has 33 heavy (non-hydrogen) atoms. The van der Waals surface area contributed by atoms with Crippen molar-refractivity contribution in [2.24, 2.45) is 0 Å². The Balaban J connectivity index is 1.85. The van der Waals surface area contributed by atoms with Gasteiger partial charge in [-0.15, -0.1) is 0 Å². The van der Waals surface area contributed by atoms with E-state index in [4.69, 9.17) is 32.4 Å². The lowest BCUT2D eigenvalue weighted by Crippen LogP contribution is -2.29. The van der Waals surface area contributed by atoms with Crippen LogP contribution in [0, 0.1) is 0 Å². The van der Waals surface area contributed by atoms with Crippen LogP contribution in [0.1, 0.15) is 27.7 Å². The molecule has 1 aromatic heterocycles. The molecule has 0 fully saturated rings. The predicted molar refractivity (Wildman–Crippen MR) is 130 cm³/mol. The van der Waals surface area contributed by atoms with Gasteiger partial charge >= 0.3 is 0 Å². The number of amides is 1. The minimum atomic E-state index is -0.864. The van der Waals surface area contributed by atoms with Crippen molar-refractivity contribution in [3.63, 3.8) is 0 Å². The monoisotopic (exact) mass is 545 g/mol. The summed E-state index contributed by atoms with van der Waals surface area (Å²) in [5.74, 6) is -0.477. The molecule has 0 saturated carbocycles. The number of hydrogen-bond donors (Lipinski definition) is 1. The Morgan fingerprint density at radius 1 is 1.06 bits per heavy atom. The normalized spacial score (nSPS) is 15.2. The first-order valence-electron chi connectivity index (χ1n) is 9.72. The lowest BCUT2D eigenvalue weighted by Gasteiger charge is -2.26. The summed E-state index contributed by atoms with van der Waals surface area (Å²) >= 11 is 15.6. The molecule has 1 atom stereocenters. The number of anilines is 1. The molecule has 5 rings (SSSR count). The maximum absolute atomic E-state index is 13.6. The number of nitrogens with zero attached hydrogens (tertiary/aromatic N) is 1. The Hall–Kier alpha value is -3.00. The number of benzene rings is 3. The Kier molecular flexibility index (Phi) is 5.35. The lowest BCUT2D eigenvalue weighted by molar-refractivity contribution is 0.0971. The van der Waals surface area contributed by atoms with Gasteiger partial charge in [-0.3, -0.25) is 14.5 Å². The van der Waals surface area contributed by atoms with Crippen molar-refractivity contribution in [1.29, 1.82) is 0 Å². The highest BCUT2D eigenvalue weighted by atomic mass is 79.9. The highest BCUT2D eigenvalue weighted by Gasteiger charge is 2.44. The Bertz CT molecular complexity index is 1520. The van der Waals surface area contributed by atoms with Crippen molar-refractivity contribution in [1.82, 2.24) is 0 Å². The summed E-state index contributed by atoms with van der Waals surface area (Å²) in [6.07, 6.45) is 0. The molecule has 9 heteroatoms. The van der Waals surface area contributed by atoms with E-state index in [1.165, 1.54) is 18.1 Å². The molecule has 0 aliphatic carbocycles. The maximum atomic E-state index is 13.6. The van der Waals surface area contributed by atoms with E-state index in [1.807, 2.05) is 0 Å². The number of aromatic hydroxyl groups is 1. The van der Waals surface area contributed by atoms with Gasteiger partial charge in [0.05, 0.1) is 28.6 Å². The van der Waals surface area contributed by atoms with Gasteiger partial charge in [0.25, 0.3) is 5.91 Å². The molecular formula is C24H14BrCl2NO5. The molecule has 1 N–H and O–H groups in total. The summed E-state index contributed by atoms with van der Waals surface area (Å²) in [4.78, 5) is 28.7. The summed E-state index contributed by atoms with van der Waals surface area (Å²) in [5, 5.41) is 11.4. The molecule has 3 aromatic carbocycles. The van der Waals surface area contributed by atoms with Crippen molar-refractivity contribution in [3.8, 4) is 11.5 Å². The first kappa shape index (κ1) is 21.8. The number of fused-ring (bicyclic) bond motifs is 2. The molecule has 166 valence electrons. The molecule has 4 aromatic rings.